The molecule has 0 aromatic heterocycles. The molecule has 0 aromatic rings. The Bertz CT molecular complexity index is 379. The van der Waals surface area contributed by atoms with Crippen LogP contribution in [0, 0.1) is 11.8 Å². The van der Waals surface area contributed by atoms with Crippen molar-refractivity contribution in [2.45, 2.75) is 69.9 Å². The zero-order valence-corrected chi connectivity index (χ0v) is 13.3. The Labute approximate surface area is 128 Å². The lowest BCUT2D eigenvalue weighted by molar-refractivity contribution is -0.147. The second-order valence-corrected chi connectivity index (χ2v) is 7.41. The molecule has 3 rings (SSSR count). The minimum Gasteiger partial charge on any atom is -0.480 e. The molecule has 3 aliphatic carbocycles. The van der Waals surface area contributed by atoms with Gasteiger partial charge in [0.15, 0.2) is 0 Å². The van der Waals surface area contributed by atoms with Crippen molar-refractivity contribution in [1.29, 1.82) is 0 Å². The number of rotatable bonds is 9. The number of nitrogens with zero attached hydrogens (tertiary/aromatic N) is 1. The van der Waals surface area contributed by atoms with Gasteiger partial charge in [-0.15, -0.1) is 0 Å². The molecule has 0 amide bonds. The lowest BCUT2D eigenvalue weighted by atomic mass is 9.84. The lowest BCUT2D eigenvalue weighted by Crippen LogP contribution is -2.56. The van der Waals surface area contributed by atoms with Gasteiger partial charge in [0.2, 0.25) is 0 Å². The van der Waals surface area contributed by atoms with E-state index in [-0.39, 0.29) is 0 Å². The van der Waals surface area contributed by atoms with Crippen molar-refractivity contribution >= 4 is 5.97 Å². The monoisotopic (exact) mass is 294 g/mol. The molecule has 2 unspecified atom stereocenters. The summed E-state index contributed by atoms with van der Waals surface area (Å²) in [5.41, 5.74) is -0.625. The molecule has 0 aliphatic heterocycles. The molecule has 0 heterocycles. The summed E-state index contributed by atoms with van der Waals surface area (Å²) in [6.45, 7) is 5.61. The number of aliphatic carboxylic acids is 1. The van der Waals surface area contributed by atoms with Gasteiger partial charge in [-0.1, -0.05) is 13.3 Å². The number of carboxylic acid groups (broad SMARTS) is 1. The van der Waals surface area contributed by atoms with Crippen molar-refractivity contribution in [3.8, 4) is 0 Å². The number of carbonyl (C=O) groups is 1. The van der Waals surface area contributed by atoms with Gasteiger partial charge in [0.1, 0.15) is 5.54 Å². The fraction of sp³-hybridized carbons (Fsp3) is 0.941. The van der Waals surface area contributed by atoms with E-state index >= 15 is 0 Å². The summed E-state index contributed by atoms with van der Waals surface area (Å²) in [7, 11) is 0. The molecule has 0 aromatic carbocycles. The Morgan fingerprint density at radius 2 is 2.05 bits per heavy atom. The number of hydrogen-bond acceptors (Lipinski definition) is 3. The van der Waals surface area contributed by atoms with Crippen LogP contribution in [0.2, 0.25) is 0 Å². The second kappa shape index (κ2) is 6.25. The van der Waals surface area contributed by atoms with E-state index in [4.69, 9.17) is 0 Å². The van der Waals surface area contributed by atoms with Crippen molar-refractivity contribution in [3.63, 3.8) is 0 Å². The van der Waals surface area contributed by atoms with Crippen LogP contribution in [0.5, 0.6) is 0 Å². The summed E-state index contributed by atoms with van der Waals surface area (Å²) in [6.07, 6.45) is 9.09. The highest BCUT2D eigenvalue weighted by Crippen LogP contribution is 2.41. The van der Waals surface area contributed by atoms with Gasteiger partial charge >= 0.3 is 5.97 Å². The van der Waals surface area contributed by atoms with E-state index in [1.54, 1.807) is 0 Å². The van der Waals surface area contributed by atoms with E-state index < -0.39 is 11.5 Å². The molecule has 4 heteroatoms. The quantitative estimate of drug-likeness (QED) is 0.686. The van der Waals surface area contributed by atoms with Crippen LogP contribution in [0.4, 0.5) is 0 Å². The topological polar surface area (TPSA) is 52.6 Å². The molecule has 0 saturated heterocycles. The smallest absolute Gasteiger partial charge is 0.324 e. The molecule has 4 nitrogen and oxygen atoms in total. The summed E-state index contributed by atoms with van der Waals surface area (Å²) in [4.78, 5) is 14.5. The Morgan fingerprint density at radius 1 is 1.29 bits per heavy atom. The van der Waals surface area contributed by atoms with Gasteiger partial charge in [0, 0.05) is 12.6 Å². The van der Waals surface area contributed by atoms with E-state index in [2.05, 4.69) is 17.1 Å². The molecular formula is C17H30N2O2. The van der Waals surface area contributed by atoms with Gasteiger partial charge in [-0.05, 0) is 69.9 Å². The van der Waals surface area contributed by atoms with Gasteiger partial charge < -0.3 is 10.0 Å². The zero-order valence-electron chi connectivity index (χ0n) is 13.3. The molecule has 3 aliphatic rings. The maximum atomic E-state index is 11.9. The largest absolute Gasteiger partial charge is 0.480 e. The van der Waals surface area contributed by atoms with Crippen LogP contribution in [0.1, 0.15) is 58.3 Å². The molecule has 3 fully saturated rings. The van der Waals surface area contributed by atoms with Gasteiger partial charge in [0.05, 0.1) is 0 Å². The van der Waals surface area contributed by atoms with Gasteiger partial charge in [0.25, 0.3) is 0 Å². The number of nitrogens with one attached hydrogen (secondary N) is 1. The van der Waals surface area contributed by atoms with Gasteiger partial charge in [-0.3, -0.25) is 10.1 Å². The highest BCUT2D eigenvalue weighted by atomic mass is 16.4. The van der Waals surface area contributed by atoms with Crippen molar-refractivity contribution in [2.24, 2.45) is 11.8 Å². The fourth-order valence-electron chi connectivity index (χ4n) is 3.98. The summed E-state index contributed by atoms with van der Waals surface area (Å²) >= 11 is 0. The molecule has 0 radical (unpaired) electrons. The summed E-state index contributed by atoms with van der Waals surface area (Å²) in [6, 6.07) is 0.468. The average Bonchev–Trinajstić information content (AvgIpc) is 3.36. The SMILES string of the molecule is CCN(CCC1CCCC1(NC1CC1)C(=O)O)CC1CC1. The zero-order chi connectivity index (χ0) is 14.9. The highest BCUT2D eigenvalue weighted by Gasteiger charge is 2.51. The molecule has 2 N–H and O–H groups in total. The first kappa shape index (κ1) is 15.3. The predicted molar refractivity (Wildman–Crippen MR) is 83.3 cm³/mol. The lowest BCUT2D eigenvalue weighted by Gasteiger charge is -2.34. The van der Waals surface area contributed by atoms with Crippen LogP contribution in [-0.4, -0.2) is 47.2 Å². The third kappa shape index (κ3) is 3.59. The summed E-state index contributed by atoms with van der Waals surface area (Å²) < 4.78 is 0. The minimum absolute atomic E-state index is 0.309. The van der Waals surface area contributed by atoms with E-state index in [0.717, 1.165) is 57.5 Å². The Morgan fingerprint density at radius 3 is 2.62 bits per heavy atom. The fourth-order valence-corrected chi connectivity index (χ4v) is 3.98. The average molecular weight is 294 g/mol. The van der Waals surface area contributed by atoms with Crippen LogP contribution in [0.25, 0.3) is 0 Å². The van der Waals surface area contributed by atoms with Gasteiger partial charge in [-0.2, -0.15) is 0 Å². The molecule has 120 valence electrons. The molecule has 2 atom stereocenters. The highest BCUT2D eigenvalue weighted by molar-refractivity contribution is 5.80. The van der Waals surface area contributed by atoms with Crippen LogP contribution in [0.15, 0.2) is 0 Å². The van der Waals surface area contributed by atoms with Crippen molar-refractivity contribution in [1.82, 2.24) is 10.2 Å². The first-order valence-corrected chi connectivity index (χ1v) is 8.87. The van der Waals surface area contributed by atoms with Crippen LogP contribution < -0.4 is 5.32 Å². The third-order valence-corrected chi connectivity index (χ3v) is 5.70. The first-order chi connectivity index (χ1) is 10.1. The second-order valence-electron chi connectivity index (χ2n) is 7.41. The maximum Gasteiger partial charge on any atom is 0.324 e. The van der Waals surface area contributed by atoms with Crippen LogP contribution in [-0.2, 0) is 4.79 Å². The molecule has 0 spiro atoms. The Hall–Kier alpha value is -0.610. The third-order valence-electron chi connectivity index (χ3n) is 5.70. The number of hydrogen-bond donors (Lipinski definition) is 2. The van der Waals surface area contributed by atoms with Crippen LogP contribution in [0.3, 0.4) is 0 Å². The summed E-state index contributed by atoms with van der Waals surface area (Å²) in [5.74, 6) is 0.619. The first-order valence-electron chi connectivity index (χ1n) is 8.87. The molecular weight excluding hydrogens is 264 g/mol. The maximum absolute atomic E-state index is 11.9. The van der Waals surface area contributed by atoms with Crippen molar-refractivity contribution < 1.29 is 9.90 Å². The Kier molecular flexibility index (Phi) is 4.55. The van der Waals surface area contributed by atoms with Crippen molar-refractivity contribution in [3.05, 3.63) is 0 Å². The van der Waals surface area contributed by atoms with E-state index in [0.29, 0.717) is 12.0 Å². The van der Waals surface area contributed by atoms with E-state index in [1.807, 2.05) is 0 Å². The molecule has 0 bridgehead atoms. The minimum atomic E-state index is -0.625. The van der Waals surface area contributed by atoms with Gasteiger partial charge in [-0.25, -0.2) is 0 Å². The summed E-state index contributed by atoms with van der Waals surface area (Å²) in [5, 5.41) is 13.3. The van der Waals surface area contributed by atoms with Crippen LogP contribution >= 0.6 is 0 Å². The standard InChI is InChI=1S/C17H30N2O2/c1-2-19(12-13-5-6-13)11-9-14-4-3-10-17(14,16(20)21)18-15-7-8-15/h13-15,18H,2-12H2,1H3,(H,20,21). The number of carboxylic acids is 1. The normalized spacial score (nSPS) is 32.8. The Balaban J connectivity index is 1.57. The molecule has 21 heavy (non-hydrogen) atoms. The predicted octanol–water partition coefficient (Wildman–Crippen LogP) is 2.48. The molecule has 3 saturated carbocycles. The van der Waals surface area contributed by atoms with E-state index in [9.17, 15) is 9.90 Å². The van der Waals surface area contributed by atoms with E-state index in [1.165, 1.54) is 19.4 Å². The van der Waals surface area contributed by atoms with Crippen molar-refractivity contribution in [2.75, 3.05) is 19.6 Å².